The quantitative estimate of drug-likeness (QED) is 0.325. The minimum absolute atomic E-state index is 0.693. The third kappa shape index (κ3) is 8.86. The minimum atomic E-state index is 0.693. The molecule has 22 heavy (non-hydrogen) atoms. The number of aldehydes is 1. The van der Waals surface area contributed by atoms with E-state index in [1.54, 1.807) is 0 Å². The Hall–Kier alpha value is -1.31. The van der Waals surface area contributed by atoms with E-state index in [1.165, 1.54) is 57.8 Å². The highest BCUT2D eigenvalue weighted by atomic mass is 16.5. The highest BCUT2D eigenvalue weighted by Gasteiger charge is 1.99. The molecule has 0 aromatic heterocycles. The van der Waals surface area contributed by atoms with Crippen LogP contribution in [0, 0.1) is 6.92 Å². The number of carbonyl (C=O) groups excluding carboxylic acids is 1. The van der Waals surface area contributed by atoms with Crippen LogP contribution >= 0.6 is 0 Å². The van der Waals surface area contributed by atoms with Crippen molar-refractivity contribution in [1.29, 1.82) is 0 Å². The van der Waals surface area contributed by atoms with Gasteiger partial charge in [-0.05, 0) is 37.1 Å². The van der Waals surface area contributed by atoms with Gasteiger partial charge in [-0.2, -0.15) is 0 Å². The van der Waals surface area contributed by atoms with Gasteiger partial charge in [-0.15, -0.1) is 0 Å². The van der Waals surface area contributed by atoms with Crippen LogP contribution in [0.4, 0.5) is 0 Å². The SMILES string of the molecule is CCCCCCCCCCCCOc1cc(C)cc(C=O)c1. The van der Waals surface area contributed by atoms with Gasteiger partial charge >= 0.3 is 0 Å². The number of hydrogen-bond acceptors (Lipinski definition) is 2. The molecule has 0 saturated carbocycles. The Morgan fingerprint density at radius 1 is 0.864 bits per heavy atom. The van der Waals surface area contributed by atoms with Gasteiger partial charge in [-0.3, -0.25) is 4.79 Å². The van der Waals surface area contributed by atoms with Crippen molar-refractivity contribution in [3.05, 3.63) is 29.3 Å². The summed E-state index contributed by atoms with van der Waals surface area (Å²) in [5, 5.41) is 0. The first-order chi connectivity index (χ1) is 10.8. The highest BCUT2D eigenvalue weighted by Crippen LogP contribution is 2.16. The van der Waals surface area contributed by atoms with Crippen LogP contribution in [0.3, 0.4) is 0 Å². The molecule has 0 heterocycles. The number of ether oxygens (including phenoxy) is 1. The van der Waals surface area contributed by atoms with Crippen molar-refractivity contribution >= 4 is 6.29 Å². The molecule has 0 unspecified atom stereocenters. The fraction of sp³-hybridized carbons (Fsp3) is 0.650. The zero-order valence-electron chi connectivity index (χ0n) is 14.4. The smallest absolute Gasteiger partial charge is 0.150 e. The van der Waals surface area contributed by atoms with E-state index in [2.05, 4.69) is 6.92 Å². The number of aryl methyl sites for hydroxylation is 1. The van der Waals surface area contributed by atoms with E-state index in [4.69, 9.17) is 4.74 Å². The van der Waals surface area contributed by atoms with Crippen molar-refractivity contribution in [2.24, 2.45) is 0 Å². The maximum absolute atomic E-state index is 10.8. The van der Waals surface area contributed by atoms with Crippen LogP contribution in [0.2, 0.25) is 0 Å². The van der Waals surface area contributed by atoms with Gasteiger partial charge in [0, 0.05) is 5.56 Å². The zero-order valence-corrected chi connectivity index (χ0v) is 14.4. The summed E-state index contributed by atoms with van der Waals surface area (Å²) in [5.41, 5.74) is 1.76. The van der Waals surface area contributed by atoms with E-state index in [0.29, 0.717) is 5.56 Å². The standard InChI is InChI=1S/C20H32O2/c1-3-4-5-6-7-8-9-10-11-12-13-22-20-15-18(2)14-19(16-20)17-21/h14-17H,3-13H2,1-2H3. The van der Waals surface area contributed by atoms with Gasteiger partial charge in [-0.1, -0.05) is 64.7 Å². The lowest BCUT2D eigenvalue weighted by molar-refractivity contribution is 0.112. The molecule has 0 bridgehead atoms. The summed E-state index contributed by atoms with van der Waals surface area (Å²) in [6.07, 6.45) is 14.2. The number of benzene rings is 1. The summed E-state index contributed by atoms with van der Waals surface area (Å²) in [6.45, 7) is 5.00. The summed E-state index contributed by atoms with van der Waals surface area (Å²) in [5.74, 6) is 0.818. The maximum atomic E-state index is 10.8. The normalized spacial score (nSPS) is 10.6. The van der Waals surface area contributed by atoms with Crippen LogP contribution in [0.25, 0.3) is 0 Å². The lowest BCUT2D eigenvalue weighted by atomic mass is 10.1. The molecule has 124 valence electrons. The summed E-state index contributed by atoms with van der Waals surface area (Å²) < 4.78 is 5.74. The largest absolute Gasteiger partial charge is 0.494 e. The van der Waals surface area contributed by atoms with E-state index < -0.39 is 0 Å². The number of hydrogen-bond donors (Lipinski definition) is 0. The summed E-state index contributed by atoms with van der Waals surface area (Å²) in [7, 11) is 0. The number of rotatable bonds is 13. The van der Waals surface area contributed by atoms with Crippen molar-refractivity contribution in [2.45, 2.75) is 78.1 Å². The van der Waals surface area contributed by atoms with Crippen LogP contribution in [-0.2, 0) is 0 Å². The van der Waals surface area contributed by atoms with Crippen molar-refractivity contribution < 1.29 is 9.53 Å². The van der Waals surface area contributed by atoms with Crippen LogP contribution in [0.5, 0.6) is 5.75 Å². The first-order valence-electron chi connectivity index (χ1n) is 8.96. The molecule has 0 aliphatic heterocycles. The molecule has 0 N–H and O–H groups in total. The van der Waals surface area contributed by atoms with Crippen molar-refractivity contribution in [2.75, 3.05) is 6.61 Å². The average molecular weight is 304 g/mol. The molecule has 1 rings (SSSR count). The molecule has 2 heteroatoms. The second-order valence-electron chi connectivity index (χ2n) is 6.23. The van der Waals surface area contributed by atoms with Gasteiger partial charge in [0.15, 0.2) is 0 Å². The fourth-order valence-corrected chi connectivity index (χ4v) is 2.71. The molecule has 0 fully saturated rings. The second-order valence-corrected chi connectivity index (χ2v) is 6.23. The van der Waals surface area contributed by atoms with E-state index in [-0.39, 0.29) is 0 Å². The van der Waals surface area contributed by atoms with Gasteiger partial charge in [0.1, 0.15) is 12.0 Å². The first kappa shape index (κ1) is 18.7. The molecule has 0 atom stereocenters. The Morgan fingerprint density at radius 3 is 2.05 bits per heavy atom. The summed E-state index contributed by atoms with van der Waals surface area (Å²) in [4.78, 5) is 10.8. The van der Waals surface area contributed by atoms with Crippen LogP contribution in [0.1, 0.15) is 87.1 Å². The van der Waals surface area contributed by atoms with E-state index >= 15 is 0 Å². The minimum Gasteiger partial charge on any atom is -0.494 e. The van der Waals surface area contributed by atoms with E-state index in [1.807, 2.05) is 25.1 Å². The molecule has 0 aliphatic carbocycles. The molecule has 0 amide bonds. The predicted octanol–water partition coefficient (Wildman–Crippen LogP) is 6.11. The Morgan fingerprint density at radius 2 is 1.45 bits per heavy atom. The first-order valence-corrected chi connectivity index (χ1v) is 8.96. The van der Waals surface area contributed by atoms with Gasteiger partial charge in [0.05, 0.1) is 6.61 Å². The molecule has 1 aromatic carbocycles. The monoisotopic (exact) mass is 304 g/mol. The third-order valence-electron chi connectivity index (χ3n) is 3.98. The second kappa shape index (κ2) is 12.3. The van der Waals surface area contributed by atoms with Gasteiger partial charge in [0.25, 0.3) is 0 Å². The van der Waals surface area contributed by atoms with E-state index in [9.17, 15) is 4.79 Å². The fourth-order valence-electron chi connectivity index (χ4n) is 2.71. The maximum Gasteiger partial charge on any atom is 0.150 e. The summed E-state index contributed by atoms with van der Waals surface area (Å²) in [6, 6.07) is 5.68. The Labute approximate surface area is 136 Å². The van der Waals surface area contributed by atoms with Crippen LogP contribution < -0.4 is 4.74 Å². The Kier molecular flexibility index (Phi) is 10.4. The third-order valence-corrected chi connectivity index (χ3v) is 3.98. The highest BCUT2D eigenvalue weighted by molar-refractivity contribution is 5.76. The van der Waals surface area contributed by atoms with Gasteiger partial charge in [0.2, 0.25) is 0 Å². The average Bonchev–Trinajstić information content (AvgIpc) is 2.52. The molecule has 2 nitrogen and oxygen atoms in total. The predicted molar refractivity (Wildman–Crippen MR) is 93.9 cm³/mol. The Bertz CT molecular complexity index is 412. The van der Waals surface area contributed by atoms with Crippen molar-refractivity contribution in [3.63, 3.8) is 0 Å². The van der Waals surface area contributed by atoms with Crippen LogP contribution in [0.15, 0.2) is 18.2 Å². The van der Waals surface area contributed by atoms with E-state index in [0.717, 1.165) is 30.6 Å². The Balaban J connectivity index is 1.99. The lowest BCUT2D eigenvalue weighted by Crippen LogP contribution is -1.98. The molecular formula is C20H32O2. The van der Waals surface area contributed by atoms with Gasteiger partial charge in [-0.25, -0.2) is 0 Å². The lowest BCUT2D eigenvalue weighted by Gasteiger charge is -2.08. The number of carbonyl (C=O) groups is 1. The molecular weight excluding hydrogens is 272 g/mol. The molecule has 0 aliphatic rings. The topological polar surface area (TPSA) is 26.3 Å². The molecule has 0 spiro atoms. The molecule has 0 saturated heterocycles. The molecule has 0 radical (unpaired) electrons. The summed E-state index contributed by atoms with van der Waals surface area (Å²) >= 11 is 0. The van der Waals surface area contributed by atoms with Crippen LogP contribution in [-0.4, -0.2) is 12.9 Å². The molecule has 1 aromatic rings. The van der Waals surface area contributed by atoms with Crippen molar-refractivity contribution in [1.82, 2.24) is 0 Å². The van der Waals surface area contributed by atoms with Gasteiger partial charge < -0.3 is 4.74 Å². The number of unbranched alkanes of at least 4 members (excludes halogenated alkanes) is 9. The zero-order chi connectivity index (χ0) is 16.0. The van der Waals surface area contributed by atoms with Crippen molar-refractivity contribution in [3.8, 4) is 5.75 Å².